The van der Waals surface area contributed by atoms with Crippen LogP contribution in [-0.4, -0.2) is 16.1 Å². The van der Waals surface area contributed by atoms with Gasteiger partial charge in [-0.3, -0.25) is 4.79 Å². The summed E-state index contributed by atoms with van der Waals surface area (Å²) in [4.78, 5) is 15.0. The summed E-state index contributed by atoms with van der Waals surface area (Å²) in [5, 5.41) is 11.8. The van der Waals surface area contributed by atoms with Crippen molar-refractivity contribution in [2.75, 3.05) is 0 Å². The molecule has 0 saturated heterocycles. The average Bonchev–Trinajstić information content (AvgIpc) is 2.49. The van der Waals surface area contributed by atoms with Crippen molar-refractivity contribution in [2.45, 2.75) is 39.0 Å². The highest BCUT2D eigenvalue weighted by atomic mass is 32.1. The molecule has 0 fully saturated rings. The van der Waals surface area contributed by atoms with E-state index in [0.29, 0.717) is 0 Å². The summed E-state index contributed by atoms with van der Waals surface area (Å²) in [5.41, 5.74) is 0.525. The van der Waals surface area contributed by atoms with Gasteiger partial charge in [0.15, 0.2) is 0 Å². The minimum absolute atomic E-state index is 0.125. The summed E-state index contributed by atoms with van der Waals surface area (Å²) in [6.45, 7) is 5.87. The Hall–Kier alpha value is -0.900. The van der Waals surface area contributed by atoms with Crippen LogP contribution in [0.3, 0.4) is 0 Å². The van der Waals surface area contributed by atoms with Gasteiger partial charge in [0.05, 0.1) is 17.1 Å². The Labute approximate surface area is 87.8 Å². The molecule has 0 saturated carbocycles. The predicted molar refractivity (Wildman–Crippen MR) is 56.8 cm³/mol. The predicted octanol–water partition coefficient (Wildman–Crippen LogP) is 2.46. The maximum Gasteiger partial charge on any atom is 0.304 e. The van der Waals surface area contributed by atoms with E-state index >= 15 is 0 Å². The third kappa shape index (κ3) is 2.54. The van der Waals surface area contributed by atoms with Crippen molar-refractivity contribution in [2.24, 2.45) is 0 Å². The fourth-order valence-corrected chi connectivity index (χ4v) is 2.19. The van der Waals surface area contributed by atoms with Gasteiger partial charge in [0.2, 0.25) is 0 Å². The second-order valence-corrected chi connectivity index (χ2v) is 4.88. The number of hydrogen-bond acceptors (Lipinski definition) is 3. The number of nitrogens with zero attached hydrogens (tertiary/aromatic N) is 1. The smallest absolute Gasteiger partial charge is 0.304 e. The van der Waals surface area contributed by atoms with Gasteiger partial charge in [-0.05, 0) is 6.42 Å². The number of rotatable bonds is 4. The Balaban J connectivity index is 2.85. The van der Waals surface area contributed by atoms with Crippen LogP contribution in [-0.2, 0) is 16.6 Å². The van der Waals surface area contributed by atoms with E-state index in [9.17, 15) is 4.79 Å². The van der Waals surface area contributed by atoms with Crippen LogP contribution in [0, 0.1) is 0 Å². The van der Waals surface area contributed by atoms with Crippen molar-refractivity contribution in [1.82, 2.24) is 4.98 Å². The molecule has 0 spiro atoms. The summed E-state index contributed by atoms with van der Waals surface area (Å²) in [5.74, 6) is -0.777. The SMILES string of the molecule is CCc1nc(C(C)(C)CC(=O)O)cs1. The van der Waals surface area contributed by atoms with Crippen molar-refractivity contribution < 1.29 is 9.90 Å². The third-order valence-electron chi connectivity index (χ3n) is 2.14. The van der Waals surface area contributed by atoms with Crippen molar-refractivity contribution in [3.63, 3.8) is 0 Å². The highest BCUT2D eigenvalue weighted by molar-refractivity contribution is 7.09. The van der Waals surface area contributed by atoms with Crippen LogP contribution >= 0.6 is 11.3 Å². The largest absolute Gasteiger partial charge is 0.481 e. The van der Waals surface area contributed by atoms with Gasteiger partial charge in [-0.2, -0.15) is 0 Å². The number of thiazole rings is 1. The zero-order valence-electron chi connectivity index (χ0n) is 8.70. The molecular weight excluding hydrogens is 198 g/mol. The molecule has 0 unspecified atom stereocenters. The van der Waals surface area contributed by atoms with E-state index in [-0.39, 0.29) is 11.8 Å². The fourth-order valence-electron chi connectivity index (χ4n) is 1.25. The van der Waals surface area contributed by atoms with E-state index in [1.54, 1.807) is 11.3 Å². The lowest BCUT2D eigenvalue weighted by Gasteiger charge is -2.19. The lowest BCUT2D eigenvalue weighted by molar-refractivity contribution is -0.138. The van der Waals surface area contributed by atoms with Gasteiger partial charge in [0.1, 0.15) is 0 Å². The number of aryl methyl sites for hydroxylation is 1. The summed E-state index contributed by atoms with van der Waals surface area (Å²) < 4.78 is 0. The highest BCUT2D eigenvalue weighted by Crippen LogP contribution is 2.28. The molecule has 1 rings (SSSR count). The molecule has 1 heterocycles. The summed E-state index contributed by atoms with van der Waals surface area (Å²) in [6.07, 6.45) is 1.04. The molecule has 0 aliphatic heterocycles. The first kappa shape index (κ1) is 11.2. The van der Waals surface area contributed by atoms with Crippen molar-refractivity contribution in [3.05, 3.63) is 16.1 Å². The molecule has 14 heavy (non-hydrogen) atoms. The second-order valence-electron chi connectivity index (χ2n) is 3.93. The van der Waals surface area contributed by atoms with Crippen molar-refractivity contribution in [3.8, 4) is 0 Å². The highest BCUT2D eigenvalue weighted by Gasteiger charge is 2.26. The van der Waals surface area contributed by atoms with Gasteiger partial charge in [0.25, 0.3) is 0 Å². The minimum Gasteiger partial charge on any atom is -0.481 e. The Kier molecular flexibility index (Phi) is 3.26. The quantitative estimate of drug-likeness (QED) is 0.835. The second kappa shape index (κ2) is 4.09. The van der Waals surface area contributed by atoms with E-state index in [2.05, 4.69) is 4.98 Å². The number of aromatic nitrogens is 1. The van der Waals surface area contributed by atoms with Gasteiger partial charge in [-0.25, -0.2) is 4.98 Å². The van der Waals surface area contributed by atoms with Crippen LogP contribution in [0.4, 0.5) is 0 Å². The molecule has 1 N–H and O–H groups in total. The van der Waals surface area contributed by atoms with E-state index in [1.807, 2.05) is 26.2 Å². The summed E-state index contributed by atoms with van der Waals surface area (Å²) in [7, 11) is 0. The fraction of sp³-hybridized carbons (Fsp3) is 0.600. The Bertz CT molecular complexity index is 331. The van der Waals surface area contributed by atoms with Gasteiger partial charge in [-0.1, -0.05) is 20.8 Å². The lowest BCUT2D eigenvalue weighted by atomic mass is 9.86. The molecule has 4 heteroatoms. The molecule has 1 aromatic rings. The molecule has 0 radical (unpaired) electrons. The van der Waals surface area contributed by atoms with E-state index < -0.39 is 5.97 Å². The molecule has 78 valence electrons. The van der Waals surface area contributed by atoms with E-state index in [0.717, 1.165) is 17.1 Å². The molecule has 0 aliphatic rings. The first-order chi connectivity index (χ1) is 6.45. The number of aliphatic carboxylic acids is 1. The zero-order valence-corrected chi connectivity index (χ0v) is 9.52. The minimum atomic E-state index is -0.777. The van der Waals surface area contributed by atoms with Crippen molar-refractivity contribution in [1.29, 1.82) is 0 Å². The van der Waals surface area contributed by atoms with Gasteiger partial charge < -0.3 is 5.11 Å². The molecule has 3 nitrogen and oxygen atoms in total. The van der Waals surface area contributed by atoms with Crippen LogP contribution in [0.25, 0.3) is 0 Å². The normalized spacial score (nSPS) is 11.6. The summed E-state index contributed by atoms with van der Waals surface area (Å²) in [6, 6.07) is 0. The molecule has 1 aromatic heterocycles. The molecular formula is C10H15NO2S. The number of carboxylic acid groups (broad SMARTS) is 1. The van der Waals surface area contributed by atoms with E-state index in [4.69, 9.17) is 5.11 Å². The van der Waals surface area contributed by atoms with Crippen LogP contribution in [0.15, 0.2) is 5.38 Å². The van der Waals surface area contributed by atoms with Crippen LogP contribution in [0.5, 0.6) is 0 Å². The molecule has 0 amide bonds. The molecule has 0 aromatic carbocycles. The third-order valence-corrected chi connectivity index (χ3v) is 3.13. The van der Waals surface area contributed by atoms with E-state index in [1.165, 1.54) is 0 Å². The Morgan fingerprint density at radius 3 is 2.71 bits per heavy atom. The van der Waals surface area contributed by atoms with Crippen LogP contribution in [0.1, 0.15) is 37.9 Å². The number of carboxylic acids is 1. The standard InChI is InChI=1S/C10H15NO2S/c1-4-8-11-7(6-14-8)10(2,3)5-9(12)13/h6H,4-5H2,1-3H3,(H,12,13). The first-order valence-corrected chi connectivity index (χ1v) is 5.50. The Morgan fingerprint density at radius 1 is 1.64 bits per heavy atom. The van der Waals surface area contributed by atoms with Crippen LogP contribution in [0.2, 0.25) is 0 Å². The average molecular weight is 213 g/mol. The number of hydrogen-bond donors (Lipinski definition) is 1. The zero-order chi connectivity index (χ0) is 10.8. The lowest BCUT2D eigenvalue weighted by Crippen LogP contribution is -2.22. The Morgan fingerprint density at radius 2 is 2.29 bits per heavy atom. The topological polar surface area (TPSA) is 50.2 Å². The maximum atomic E-state index is 10.6. The molecule has 0 bridgehead atoms. The van der Waals surface area contributed by atoms with Gasteiger partial charge in [-0.15, -0.1) is 11.3 Å². The maximum absolute atomic E-state index is 10.6. The number of carbonyl (C=O) groups is 1. The summed E-state index contributed by atoms with van der Waals surface area (Å²) >= 11 is 1.60. The first-order valence-electron chi connectivity index (χ1n) is 4.62. The van der Waals surface area contributed by atoms with Crippen LogP contribution < -0.4 is 0 Å². The monoisotopic (exact) mass is 213 g/mol. The van der Waals surface area contributed by atoms with Crippen molar-refractivity contribution >= 4 is 17.3 Å². The molecule has 0 aliphatic carbocycles. The van der Waals surface area contributed by atoms with Gasteiger partial charge in [0, 0.05) is 10.8 Å². The molecule has 0 atom stereocenters. The van der Waals surface area contributed by atoms with Gasteiger partial charge >= 0.3 is 5.97 Å².